The van der Waals surface area contributed by atoms with Crippen molar-refractivity contribution in [2.24, 2.45) is 0 Å². The van der Waals surface area contributed by atoms with Crippen molar-refractivity contribution in [3.63, 3.8) is 0 Å². The molecule has 0 atom stereocenters. The maximum atomic E-state index is 11.9. The van der Waals surface area contributed by atoms with E-state index in [9.17, 15) is 13.2 Å². The number of hydrogen-bond acceptors (Lipinski definition) is 2. The van der Waals surface area contributed by atoms with Gasteiger partial charge in [0.15, 0.2) is 6.61 Å². The monoisotopic (exact) mass is 233 g/mol. The molecule has 1 aromatic rings. The van der Waals surface area contributed by atoms with Gasteiger partial charge in [-0.2, -0.15) is 13.2 Å². The molecule has 1 N–H and O–H groups in total. The van der Waals surface area contributed by atoms with Crippen LogP contribution in [0.2, 0.25) is 0 Å². The Labute approximate surface area is 91.7 Å². The predicted octanol–water partition coefficient (Wildman–Crippen LogP) is 2.56. The van der Waals surface area contributed by atoms with Crippen LogP contribution in [0.1, 0.15) is 12.5 Å². The summed E-state index contributed by atoms with van der Waals surface area (Å²) >= 11 is 0. The Balaban J connectivity index is 2.68. The molecule has 0 saturated heterocycles. The van der Waals surface area contributed by atoms with Gasteiger partial charge < -0.3 is 9.84 Å². The quantitative estimate of drug-likeness (QED) is 0.866. The van der Waals surface area contributed by atoms with E-state index in [2.05, 4.69) is 4.74 Å². The first kappa shape index (κ1) is 12.8. The largest absolute Gasteiger partial charge is 0.484 e. The van der Waals surface area contributed by atoms with Crippen LogP contribution in [-0.2, 0) is 0 Å². The Morgan fingerprint density at radius 2 is 2.06 bits per heavy atom. The predicted molar refractivity (Wildman–Crippen MR) is 53.1 cm³/mol. The highest BCUT2D eigenvalue weighted by Crippen LogP contribution is 2.22. The number of alkyl halides is 3. The van der Waals surface area contributed by atoms with Crippen LogP contribution in [-0.4, -0.2) is 24.5 Å². The van der Waals surface area contributed by atoms with Crippen molar-refractivity contribution in [1.29, 1.82) is 0 Å². The Morgan fingerprint density at radius 3 is 2.62 bits per heavy atom. The fraction of sp³-hybridized carbons (Fsp3) is 0.364. The Bertz CT molecular complexity index is 336. The van der Waals surface area contributed by atoms with E-state index < -0.39 is 12.8 Å². The number of aliphatic hydroxyl groups excluding tert-OH is 1. The Kier molecular flexibility index (Phi) is 4.18. The van der Waals surface area contributed by atoms with Crippen LogP contribution in [0.5, 0.6) is 5.75 Å². The molecule has 0 unspecified atom stereocenters. The molecular formula is C11H12F3O2. The number of benzene rings is 1. The summed E-state index contributed by atoms with van der Waals surface area (Å²) in [7, 11) is 0. The van der Waals surface area contributed by atoms with Gasteiger partial charge in [-0.25, -0.2) is 0 Å². The van der Waals surface area contributed by atoms with E-state index >= 15 is 0 Å². The zero-order valence-corrected chi connectivity index (χ0v) is 8.71. The lowest BCUT2D eigenvalue weighted by molar-refractivity contribution is -0.153. The number of hydrogen-bond donors (Lipinski definition) is 1. The van der Waals surface area contributed by atoms with Gasteiger partial charge in [-0.15, -0.1) is 0 Å². The SMILES string of the molecule is C[C](CO)c1cccc(OCC(F)(F)F)c1. The van der Waals surface area contributed by atoms with E-state index in [1.807, 2.05) is 0 Å². The summed E-state index contributed by atoms with van der Waals surface area (Å²) in [5, 5.41) is 8.88. The third-order valence-electron chi connectivity index (χ3n) is 1.97. The summed E-state index contributed by atoms with van der Waals surface area (Å²) in [6, 6.07) is 6.20. The van der Waals surface area contributed by atoms with Crippen molar-refractivity contribution in [3.8, 4) is 5.75 Å². The highest BCUT2D eigenvalue weighted by molar-refractivity contribution is 5.36. The van der Waals surface area contributed by atoms with Crippen LogP contribution >= 0.6 is 0 Å². The molecule has 0 aliphatic rings. The molecule has 0 bridgehead atoms. The van der Waals surface area contributed by atoms with Crippen LogP contribution in [0, 0.1) is 5.92 Å². The number of aliphatic hydroxyl groups is 1. The highest BCUT2D eigenvalue weighted by Gasteiger charge is 2.28. The van der Waals surface area contributed by atoms with Crippen LogP contribution in [0.15, 0.2) is 24.3 Å². The minimum Gasteiger partial charge on any atom is -0.484 e. The van der Waals surface area contributed by atoms with Crippen molar-refractivity contribution in [2.45, 2.75) is 13.1 Å². The number of ether oxygens (including phenoxy) is 1. The molecule has 1 radical (unpaired) electrons. The normalized spacial score (nSPS) is 11.9. The molecule has 2 nitrogen and oxygen atoms in total. The maximum absolute atomic E-state index is 11.9. The zero-order chi connectivity index (χ0) is 12.2. The van der Waals surface area contributed by atoms with Crippen molar-refractivity contribution in [3.05, 3.63) is 35.7 Å². The van der Waals surface area contributed by atoms with Gasteiger partial charge in [0.1, 0.15) is 5.75 Å². The second-order valence-electron chi connectivity index (χ2n) is 3.37. The third kappa shape index (κ3) is 4.10. The van der Waals surface area contributed by atoms with Gasteiger partial charge in [-0.3, -0.25) is 0 Å². The fourth-order valence-corrected chi connectivity index (χ4v) is 1.11. The second-order valence-corrected chi connectivity index (χ2v) is 3.37. The average molecular weight is 233 g/mol. The van der Waals surface area contributed by atoms with Gasteiger partial charge in [0.25, 0.3) is 0 Å². The first-order valence-corrected chi connectivity index (χ1v) is 4.65. The maximum Gasteiger partial charge on any atom is 0.422 e. The van der Waals surface area contributed by atoms with E-state index in [1.54, 1.807) is 19.1 Å². The first-order valence-electron chi connectivity index (χ1n) is 4.65. The van der Waals surface area contributed by atoms with E-state index in [-0.39, 0.29) is 12.4 Å². The lowest BCUT2D eigenvalue weighted by atomic mass is 10.0. The topological polar surface area (TPSA) is 29.5 Å². The Hall–Kier alpha value is -1.23. The highest BCUT2D eigenvalue weighted by atomic mass is 19.4. The summed E-state index contributed by atoms with van der Waals surface area (Å²) in [5.41, 5.74) is 0.669. The molecule has 16 heavy (non-hydrogen) atoms. The smallest absolute Gasteiger partial charge is 0.422 e. The molecular weight excluding hydrogens is 221 g/mol. The van der Waals surface area contributed by atoms with Crippen LogP contribution in [0.4, 0.5) is 13.2 Å². The lowest BCUT2D eigenvalue weighted by Gasteiger charge is -2.12. The van der Waals surface area contributed by atoms with Crippen molar-refractivity contribution >= 4 is 0 Å². The minimum absolute atomic E-state index is 0.136. The molecule has 89 valence electrons. The summed E-state index contributed by atoms with van der Waals surface area (Å²) in [6.45, 7) is 0.250. The number of rotatable bonds is 4. The molecule has 1 rings (SSSR count). The van der Waals surface area contributed by atoms with Crippen LogP contribution in [0.3, 0.4) is 0 Å². The van der Waals surface area contributed by atoms with Gasteiger partial charge >= 0.3 is 6.18 Å². The van der Waals surface area contributed by atoms with Gasteiger partial charge in [0.05, 0.1) is 6.61 Å². The van der Waals surface area contributed by atoms with E-state index in [4.69, 9.17) is 5.11 Å². The molecule has 0 saturated carbocycles. The van der Waals surface area contributed by atoms with Crippen LogP contribution < -0.4 is 4.74 Å². The summed E-state index contributed by atoms with van der Waals surface area (Å²) in [5.74, 6) is 0.820. The fourth-order valence-electron chi connectivity index (χ4n) is 1.11. The number of halogens is 3. The van der Waals surface area contributed by atoms with Crippen molar-refractivity contribution < 1.29 is 23.0 Å². The molecule has 1 aromatic carbocycles. The molecule has 0 fully saturated rings. The van der Waals surface area contributed by atoms with Gasteiger partial charge in [-0.1, -0.05) is 19.1 Å². The Morgan fingerprint density at radius 1 is 1.38 bits per heavy atom. The molecule has 0 aliphatic heterocycles. The van der Waals surface area contributed by atoms with Crippen LogP contribution in [0.25, 0.3) is 0 Å². The van der Waals surface area contributed by atoms with Crippen molar-refractivity contribution in [1.82, 2.24) is 0 Å². The summed E-state index contributed by atoms with van der Waals surface area (Å²) in [6.07, 6.45) is -4.34. The molecule has 0 amide bonds. The molecule has 5 heteroatoms. The minimum atomic E-state index is -4.34. The molecule has 0 heterocycles. The van der Waals surface area contributed by atoms with Crippen molar-refractivity contribution in [2.75, 3.05) is 13.2 Å². The molecule has 0 spiro atoms. The second kappa shape index (κ2) is 5.21. The summed E-state index contributed by atoms with van der Waals surface area (Å²) < 4.78 is 40.3. The van der Waals surface area contributed by atoms with Gasteiger partial charge in [0, 0.05) is 5.92 Å². The van der Waals surface area contributed by atoms with Gasteiger partial charge in [0.2, 0.25) is 0 Å². The average Bonchev–Trinajstić information content (AvgIpc) is 2.25. The summed E-state index contributed by atoms with van der Waals surface area (Å²) in [4.78, 5) is 0. The van der Waals surface area contributed by atoms with E-state index in [1.165, 1.54) is 12.1 Å². The third-order valence-corrected chi connectivity index (χ3v) is 1.97. The molecule has 0 aliphatic carbocycles. The lowest BCUT2D eigenvalue weighted by Crippen LogP contribution is -2.19. The van der Waals surface area contributed by atoms with E-state index in [0.29, 0.717) is 11.5 Å². The van der Waals surface area contributed by atoms with E-state index in [0.717, 1.165) is 0 Å². The zero-order valence-electron chi connectivity index (χ0n) is 8.71. The molecule has 0 aromatic heterocycles. The first-order chi connectivity index (χ1) is 7.42. The van der Waals surface area contributed by atoms with Gasteiger partial charge in [-0.05, 0) is 17.7 Å². The standard InChI is InChI=1S/C11H12F3O2/c1-8(6-15)9-3-2-4-10(5-9)16-7-11(12,13)14/h2-5,15H,6-7H2,1H3.